The van der Waals surface area contributed by atoms with E-state index in [1.807, 2.05) is 30.5 Å². The summed E-state index contributed by atoms with van der Waals surface area (Å²) in [4.78, 5) is 13.0. The molecule has 5 heteroatoms. The van der Waals surface area contributed by atoms with Gasteiger partial charge in [0.05, 0.1) is 0 Å². The van der Waals surface area contributed by atoms with Gasteiger partial charge in [-0.2, -0.15) is 4.98 Å². The first-order chi connectivity index (χ1) is 12.0. The molecule has 0 amide bonds. The molecule has 1 aromatic carbocycles. The van der Waals surface area contributed by atoms with E-state index in [1.165, 1.54) is 5.56 Å². The predicted octanol–water partition coefficient (Wildman–Crippen LogP) is 4.52. The fourth-order valence-electron chi connectivity index (χ4n) is 2.58. The van der Waals surface area contributed by atoms with Gasteiger partial charge >= 0.3 is 0 Å². The molecule has 2 N–H and O–H groups in total. The summed E-state index contributed by atoms with van der Waals surface area (Å²) in [5, 5.41) is 6.64. The largest absolute Gasteiger partial charge is 0.366 e. The molecule has 0 aliphatic rings. The van der Waals surface area contributed by atoms with E-state index in [-0.39, 0.29) is 5.41 Å². The van der Waals surface area contributed by atoms with Crippen LogP contribution in [0.15, 0.2) is 61.1 Å². The lowest BCUT2D eigenvalue weighted by atomic mass is 9.86. The van der Waals surface area contributed by atoms with Crippen LogP contribution in [-0.4, -0.2) is 15.0 Å². The molecule has 0 saturated carbocycles. The molecule has 0 fully saturated rings. The van der Waals surface area contributed by atoms with Gasteiger partial charge in [-0.1, -0.05) is 45.0 Å². The lowest BCUT2D eigenvalue weighted by molar-refractivity contribution is 0.592. The maximum atomic E-state index is 4.55. The zero-order valence-electron chi connectivity index (χ0n) is 14.8. The van der Waals surface area contributed by atoms with Crippen LogP contribution in [0.4, 0.5) is 17.5 Å². The maximum Gasteiger partial charge on any atom is 0.229 e. The van der Waals surface area contributed by atoms with Crippen molar-refractivity contribution in [2.75, 3.05) is 10.6 Å². The highest BCUT2D eigenvalue weighted by molar-refractivity contribution is 5.61. The third-order valence-corrected chi connectivity index (χ3v) is 3.83. The molecule has 0 saturated heterocycles. The molecule has 0 aliphatic carbocycles. The number of anilines is 3. The molecule has 0 unspecified atom stereocenters. The molecule has 3 rings (SSSR count). The number of para-hydroxylation sites is 1. The van der Waals surface area contributed by atoms with E-state index in [0.717, 1.165) is 17.1 Å². The Kier molecular flexibility index (Phi) is 4.93. The summed E-state index contributed by atoms with van der Waals surface area (Å²) in [5.74, 6) is 1.35. The Morgan fingerprint density at radius 2 is 1.80 bits per heavy atom. The topological polar surface area (TPSA) is 62.7 Å². The molecule has 5 nitrogen and oxygen atoms in total. The monoisotopic (exact) mass is 333 g/mol. The van der Waals surface area contributed by atoms with Crippen molar-refractivity contribution < 1.29 is 0 Å². The maximum absolute atomic E-state index is 4.55. The van der Waals surface area contributed by atoms with Gasteiger partial charge in [-0.3, -0.25) is 4.98 Å². The van der Waals surface area contributed by atoms with E-state index in [4.69, 9.17) is 0 Å². The minimum Gasteiger partial charge on any atom is -0.366 e. The van der Waals surface area contributed by atoms with Gasteiger partial charge in [0.1, 0.15) is 5.82 Å². The highest BCUT2D eigenvalue weighted by Crippen LogP contribution is 2.30. The van der Waals surface area contributed by atoms with Crippen molar-refractivity contribution in [2.24, 2.45) is 0 Å². The van der Waals surface area contributed by atoms with Crippen LogP contribution in [0.25, 0.3) is 0 Å². The molecule has 0 radical (unpaired) electrons. The second-order valence-corrected chi connectivity index (χ2v) is 6.90. The quantitative estimate of drug-likeness (QED) is 0.718. The molecule has 0 aliphatic heterocycles. The van der Waals surface area contributed by atoms with Crippen molar-refractivity contribution in [2.45, 2.75) is 32.7 Å². The van der Waals surface area contributed by atoms with Crippen molar-refractivity contribution in [3.63, 3.8) is 0 Å². The minimum atomic E-state index is 0.0414. The summed E-state index contributed by atoms with van der Waals surface area (Å²) in [6.45, 7) is 7.25. The molecule has 128 valence electrons. The average Bonchev–Trinajstić information content (AvgIpc) is 2.61. The normalized spacial score (nSPS) is 11.2. The van der Waals surface area contributed by atoms with Gasteiger partial charge in [0.15, 0.2) is 0 Å². The number of benzene rings is 1. The number of rotatable bonds is 5. The van der Waals surface area contributed by atoms with Gasteiger partial charge in [0.2, 0.25) is 5.95 Å². The Balaban J connectivity index is 1.74. The fraction of sp³-hybridized carbons (Fsp3) is 0.250. The number of pyridine rings is 1. The molecule has 0 atom stereocenters. The van der Waals surface area contributed by atoms with Crippen LogP contribution in [0.5, 0.6) is 0 Å². The first-order valence-electron chi connectivity index (χ1n) is 8.35. The number of nitrogens with one attached hydrogen (secondary N) is 2. The fourth-order valence-corrected chi connectivity index (χ4v) is 2.58. The van der Waals surface area contributed by atoms with Crippen molar-refractivity contribution in [1.82, 2.24) is 15.0 Å². The van der Waals surface area contributed by atoms with Crippen LogP contribution in [0.2, 0.25) is 0 Å². The van der Waals surface area contributed by atoms with Crippen molar-refractivity contribution in [1.29, 1.82) is 0 Å². The summed E-state index contributed by atoms with van der Waals surface area (Å²) < 4.78 is 0. The van der Waals surface area contributed by atoms with Crippen molar-refractivity contribution in [3.8, 4) is 0 Å². The van der Waals surface area contributed by atoms with Crippen LogP contribution in [0.3, 0.4) is 0 Å². The number of hydrogen-bond donors (Lipinski definition) is 2. The Bertz CT molecular complexity index is 825. The van der Waals surface area contributed by atoms with Crippen LogP contribution in [0.1, 0.15) is 31.9 Å². The van der Waals surface area contributed by atoms with E-state index in [1.54, 1.807) is 12.4 Å². The summed E-state index contributed by atoms with van der Waals surface area (Å²) in [6, 6.07) is 14.1. The Labute approximate surface area is 148 Å². The summed E-state index contributed by atoms with van der Waals surface area (Å²) in [6.07, 6.45) is 5.36. The Morgan fingerprint density at radius 3 is 2.56 bits per heavy atom. The van der Waals surface area contributed by atoms with Crippen LogP contribution < -0.4 is 10.6 Å². The smallest absolute Gasteiger partial charge is 0.229 e. The molecule has 2 heterocycles. The molecule has 0 spiro atoms. The van der Waals surface area contributed by atoms with E-state index in [9.17, 15) is 0 Å². The average molecular weight is 333 g/mol. The van der Waals surface area contributed by atoms with Crippen LogP contribution >= 0.6 is 0 Å². The van der Waals surface area contributed by atoms with Gasteiger partial charge in [0, 0.05) is 30.8 Å². The van der Waals surface area contributed by atoms with Crippen LogP contribution in [-0.2, 0) is 12.0 Å². The first kappa shape index (κ1) is 16.9. The standard InChI is InChI=1S/C20H23N5/c1-20(2,3)16-8-4-5-9-17(16)24-19-22-12-10-18(25-19)23-14-15-7-6-11-21-13-15/h4-13H,14H2,1-3H3,(H2,22,23,24,25). The molecule has 0 bridgehead atoms. The summed E-state index contributed by atoms with van der Waals surface area (Å²) in [5.41, 5.74) is 3.40. The first-order valence-corrected chi connectivity index (χ1v) is 8.35. The van der Waals surface area contributed by atoms with Gasteiger partial charge in [0.25, 0.3) is 0 Å². The third kappa shape index (κ3) is 4.53. The second kappa shape index (κ2) is 7.30. The van der Waals surface area contributed by atoms with Gasteiger partial charge in [-0.25, -0.2) is 4.98 Å². The SMILES string of the molecule is CC(C)(C)c1ccccc1Nc1nccc(NCc2cccnc2)n1. The van der Waals surface area contributed by atoms with Crippen LogP contribution in [0, 0.1) is 0 Å². The molecule has 3 aromatic rings. The van der Waals surface area contributed by atoms with E-state index in [0.29, 0.717) is 12.5 Å². The highest BCUT2D eigenvalue weighted by atomic mass is 15.1. The molecule has 2 aromatic heterocycles. The lowest BCUT2D eigenvalue weighted by Crippen LogP contribution is -2.14. The minimum absolute atomic E-state index is 0.0414. The second-order valence-electron chi connectivity index (χ2n) is 6.90. The van der Waals surface area contributed by atoms with E-state index in [2.05, 4.69) is 64.6 Å². The highest BCUT2D eigenvalue weighted by Gasteiger charge is 2.17. The Morgan fingerprint density at radius 1 is 0.960 bits per heavy atom. The summed E-state index contributed by atoms with van der Waals surface area (Å²) >= 11 is 0. The van der Waals surface area contributed by atoms with E-state index >= 15 is 0 Å². The predicted molar refractivity (Wildman–Crippen MR) is 102 cm³/mol. The molecular weight excluding hydrogens is 310 g/mol. The van der Waals surface area contributed by atoms with Crippen molar-refractivity contribution in [3.05, 3.63) is 72.2 Å². The number of nitrogens with zero attached hydrogens (tertiary/aromatic N) is 3. The Hall–Kier alpha value is -2.95. The number of aromatic nitrogens is 3. The lowest BCUT2D eigenvalue weighted by Gasteiger charge is -2.23. The zero-order chi connectivity index (χ0) is 17.7. The van der Waals surface area contributed by atoms with Gasteiger partial charge in [-0.05, 0) is 34.7 Å². The third-order valence-electron chi connectivity index (χ3n) is 3.83. The van der Waals surface area contributed by atoms with Gasteiger partial charge in [-0.15, -0.1) is 0 Å². The zero-order valence-corrected chi connectivity index (χ0v) is 14.8. The van der Waals surface area contributed by atoms with E-state index < -0.39 is 0 Å². The van der Waals surface area contributed by atoms with Crippen molar-refractivity contribution >= 4 is 17.5 Å². The summed E-state index contributed by atoms with van der Waals surface area (Å²) in [7, 11) is 0. The van der Waals surface area contributed by atoms with Gasteiger partial charge < -0.3 is 10.6 Å². The molecule has 25 heavy (non-hydrogen) atoms. The number of hydrogen-bond acceptors (Lipinski definition) is 5. The molecular formula is C20H23N5.